The topological polar surface area (TPSA) is 113 Å². The summed E-state index contributed by atoms with van der Waals surface area (Å²) in [5.74, 6) is 0.103. The number of hydrogen-bond donors (Lipinski definition) is 1. The molecule has 1 aliphatic carbocycles. The largest absolute Gasteiger partial charge is 0.474 e. The van der Waals surface area contributed by atoms with Crippen LogP contribution in [0.1, 0.15) is 31.2 Å². The smallest absolute Gasteiger partial charge is 0.332 e. The lowest BCUT2D eigenvalue weighted by atomic mass is 10.2. The van der Waals surface area contributed by atoms with Gasteiger partial charge in [-0.15, -0.1) is 0 Å². The summed E-state index contributed by atoms with van der Waals surface area (Å²) < 4.78 is 9.60. The Balaban J connectivity index is 1.45. The SMILES string of the molecule is Cn1cnc2c1c(=O)n(CC(=O)NCc1ccnc(OC3CCCC3)c1)c(=O)n2C. The van der Waals surface area contributed by atoms with Crippen molar-refractivity contribution in [2.24, 2.45) is 14.1 Å². The molecular formula is C20H24N6O4. The summed E-state index contributed by atoms with van der Waals surface area (Å²) in [6.45, 7) is -0.130. The van der Waals surface area contributed by atoms with Crippen molar-refractivity contribution in [1.82, 2.24) is 29.0 Å². The van der Waals surface area contributed by atoms with Gasteiger partial charge in [-0.1, -0.05) is 0 Å². The van der Waals surface area contributed by atoms with Crippen LogP contribution >= 0.6 is 0 Å². The Morgan fingerprint density at radius 1 is 1.23 bits per heavy atom. The van der Waals surface area contributed by atoms with Gasteiger partial charge in [0.2, 0.25) is 11.8 Å². The van der Waals surface area contributed by atoms with E-state index in [0.717, 1.165) is 23.0 Å². The third-order valence-electron chi connectivity index (χ3n) is 5.38. The van der Waals surface area contributed by atoms with E-state index in [9.17, 15) is 14.4 Å². The summed E-state index contributed by atoms with van der Waals surface area (Å²) in [5, 5.41) is 2.75. The fraction of sp³-hybridized carbons (Fsp3) is 0.450. The molecule has 158 valence electrons. The highest BCUT2D eigenvalue weighted by Crippen LogP contribution is 2.23. The van der Waals surface area contributed by atoms with Crippen LogP contribution in [0.15, 0.2) is 34.2 Å². The number of carbonyl (C=O) groups excluding carboxylic acids is 1. The van der Waals surface area contributed by atoms with Gasteiger partial charge in [0, 0.05) is 32.9 Å². The molecule has 3 aromatic heterocycles. The van der Waals surface area contributed by atoms with E-state index in [1.54, 1.807) is 25.4 Å². The fourth-order valence-electron chi connectivity index (χ4n) is 3.74. The quantitative estimate of drug-likeness (QED) is 0.630. The average Bonchev–Trinajstić information content (AvgIpc) is 3.38. The number of carbonyl (C=O) groups is 1. The second kappa shape index (κ2) is 8.13. The molecule has 1 fully saturated rings. The molecule has 0 unspecified atom stereocenters. The van der Waals surface area contributed by atoms with Crippen LogP contribution in [0.2, 0.25) is 0 Å². The Hall–Kier alpha value is -3.43. The van der Waals surface area contributed by atoms with Gasteiger partial charge in [-0.2, -0.15) is 0 Å². The number of imidazole rings is 1. The van der Waals surface area contributed by atoms with E-state index in [4.69, 9.17) is 4.74 Å². The normalized spacial score (nSPS) is 14.3. The molecule has 1 amide bonds. The zero-order chi connectivity index (χ0) is 21.3. The van der Waals surface area contributed by atoms with Gasteiger partial charge in [-0.05, 0) is 37.3 Å². The van der Waals surface area contributed by atoms with E-state index < -0.39 is 17.2 Å². The molecule has 1 N–H and O–H groups in total. The summed E-state index contributed by atoms with van der Waals surface area (Å²) in [6, 6.07) is 3.58. The molecule has 10 heteroatoms. The number of aromatic nitrogens is 5. The molecule has 0 atom stereocenters. The molecule has 0 radical (unpaired) electrons. The van der Waals surface area contributed by atoms with Gasteiger partial charge in [0.25, 0.3) is 5.56 Å². The predicted octanol–water partition coefficient (Wildman–Crippen LogP) is 0.466. The number of hydrogen-bond acceptors (Lipinski definition) is 6. The van der Waals surface area contributed by atoms with Crippen molar-refractivity contribution < 1.29 is 9.53 Å². The van der Waals surface area contributed by atoms with E-state index in [2.05, 4.69) is 15.3 Å². The number of rotatable bonds is 6. The second-order valence-electron chi connectivity index (χ2n) is 7.56. The number of fused-ring (bicyclic) bond motifs is 1. The number of nitrogens with one attached hydrogen (secondary N) is 1. The number of ether oxygens (including phenoxy) is 1. The number of aryl methyl sites for hydroxylation is 2. The van der Waals surface area contributed by atoms with E-state index in [1.807, 2.05) is 0 Å². The highest BCUT2D eigenvalue weighted by atomic mass is 16.5. The molecule has 1 saturated carbocycles. The summed E-state index contributed by atoms with van der Waals surface area (Å²) >= 11 is 0. The van der Waals surface area contributed by atoms with Gasteiger partial charge in [0.05, 0.1) is 6.33 Å². The van der Waals surface area contributed by atoms with Crippen LogP contribution in [-0.4, -0.2) is 35.7 Å². The lowest BCUT2D eigenvalue weighted by Gasteiger charge is -2.13. The minimum absolute atomic E-state index is 0.201. The summed E-state index contributed by atoms with van der Waals surface area (Å²) in [5.41, 5.74) is 0.258. The van der Waals surface area contributed by atoms with Crippen molar-refractivity contribution in [3.63, 3.8) is 0 Å². The first-order chi connectivity index (χ1) is 14.4. The number of pyridine rings is 1. The highest BCUT2D eigenvalue weighted by Gasteiger charge is 2.18. The Morgan fingerprint density at radius 3 is 2.77 bits per heavy atom. The first kappa shape index (κ1) is 19.9. The first-order valence-electron chi connectivity index (χ1n) is 9.93. The van der Waals surface area contributed by atoms with Crippen LogP contribution in [0, 0.1) is 0 Å². The van der Waals surface area contributed by atoms with Gasteiger partial charge < -0.3 is 14.6 Å². The number of nitrogens with zero attached hydrogens (tertiary/aromatic N) is 5. The molecule has 0 aliphatic heterocycles. The minimum atomic E-state index is -0.586. The van der Waals surface area contributed by atoms with Crippen molar-refractivity contribution in [3.8, 4) is 5.88 Å². The van der Waals surface area contributed by atoms with Crippen LogP contribution in [0.5, 0.6) is 5.88 Å². The Morgan fingerprint density at radius 2 is 2.00 bits per heavy atom. The minimum Gasteiger partial charge on any atom is -0.474 e. The van der Waals surface area contributed by atoms with Gasteiger partial charge >= 0.3 is 5.69 Å². The molecular weight excluding hydrogens is 388 g/mol. The van der Waals surface area contributed by atoms with E-state index in [-0.39, 0.29) is 30.4 Å². The lowest BCUT2D eigenvalue weighted by Crippen LogP contribution is -2.43. The standard InChI is InChI=1S/C20H24N6O4/c1-24-12-23-18-17(24)19(28)26(20(29)25(18)2)11-15(27)22-10-13-7-8-21-16(9-13)30-14-5-3-4-6-14/h7-9,12,14H,3-6,10-11H2,1-2H3,(H,22,27). The van der Waals surface area contributed by atoms with Gasteiger partial charge in [-0.25, -0.2) is 19.3 Å². The molecule has 3 heterocycles. The van der Waals surface area contributed by atoms with E-state index >= 15 is 0 Å². The lowest BCUT2D eigenvalue weighted by molar-refractivity contribution is -0.121. The first-order valence-corrected chi connectivity index (χ1v) is 9.93. The molecule has 1 aliphatic rings. The third-order valence-corrected chi connectivity index (χ3v) is 5.38. The zero-order valence-corrected chi connectivity index (χ0v) is 17.0. The molecule has 0 bridgehead atoms. The molecule has 30 heavy (non-hydrogen) atoms. The summed E-state index contributed by atoms with van der Waals surface area (Å²) in [4.78, 5) is 45.9. The van der Waals surface area contributed by atoms with Crippen LogP contribution in [0.3, 0.4) is 0 Å². The van der Waals surface area contributed by atoms with E-state index in [0.29, 0.717) is 5.88 Å². The molecule has 0 spiro atoms. The Bertz CT molecular complexity index is 1200. The van der Waals surface area contributed by atoms with Crippen molar-refractivity contribution in [1.29, 1.82) is 0 Å². The predicted molar refractivity (Wildman–Crippen MR) is 109 cm³/mol. The maximum Gasteiger partial charge on any atom is 0.332 e. The summed E-state index contributed by atoms with van der Waals surface area (Å²) in [7, 11) is 3.19. The zero-order valence-electron chi connectivity index (χ0n) is 17.0. The maximum atomic E-state index is 12.7. The Kier molecular flexibility index (Phi) is 5.39. The van der Waals surface area contributed by atoms with Crippen molar-refractivity contribution in [2.75, 3.05) is 0 Å². The van der Waals surface area contributed by atoms with Crippen molar-refractivity contribution in [2.45, 2.75) is 44.9 Å². The van der Waals surface area contributed by atoms with Gasteiger partial charge in [0.1, 0.15) is 12.6 Å². The highest BCUT2D eigenvalue weighted by molar-refractivity contribution is 5.76. The third kappa shape index (κ3) is 3.85. The average molecular weight is 412 g/mol. The number of amides is 1. The van der Waals surface area contributed by atoms with Crippen LogP contribution < -0.4 is 21.3 Å². The molecule has 4 rings (SSSR count). The molecule has 0 aromatic carbocycles. The van der Waals surface area contributed by atoms with Gasteiger partial charge in [-0.3, -0.25) is 14.2 Å². The molecule has 3 aromatic rings. The molecule has 0 saturated heterocycles. The van der Waals surface area contributed by atoms with Crippen molar-refractivity contribution in [3.05, 3.63) is 51.1 Å². The monoisotopic (exact) mass is 412 g/mol. The van der Waals surface area contributed by atoms with E-state index in [1.165, 1.54) is 35.4 Å². The van der Waals surface area contributed by atoms with Gasteiger partial charge in [0.15, 0.2) is 11.2 Å². The fourth-order valence-corrected chi connectivity index (χ4v) is 3.74. The van der Waals surface area contributed by atoms with Crippen molar-refractivity contribution >= 4 is 17.1 Å². The van der Waals surface area contributed by atoms with Crippen LogP contribution in [0.25, 0.3) is 11.2 Å². The summed E-state index contributed by atoms with van der Waals surface area (Å²) in [6.07, 6.45) is 7.72. The van der Waals surface area contributed by atoms with Crippen LogP contribution in [0.4, 0.5) is 0 Å². The maximum absolute atomic E-state index is 12.7. The Labute approximate surface area is 172 Å². The second-order valence-corrected chi connectivity index (χ2v) is 7.56. The molecule has 10 nitrogen and oxygen atoms in total. The van der Waals surface area contributed by atoms with Crippen LogP contribution in [-0.2, 0) is 32.0 Å².